The Hall–Kier alpha value is -2.80. The van der Waals surface area contributed by atoms with Gasteiger partial charge in [0, 0.05) is 22.6 Å². The number of nitrogens with zero attached hydrogens (tertiary/aromatic N) is 1. The van der Waals surface area contributed by atoms with E-state index < -0.39 is 11.2 Å². The zero-order chi connectivity index (χ0) is 17.3. The third-order valence-electron chi connectivity index (χ3n) is 3.65. The number of rotatable bonds is 4. The van der Waals surface area contributed by atoms with E-state index in [1.807, 2.05) is 6.07 Å². The second kappa shape index (κ2) is 6.37. The van der Waals surface area contributed by atoms with Gasteiger partial charge in [-0.3, -0.25) is 14.4 Å². The second-order valence-corrected chi connectivity index (χ2v) is 6.64. The maximum atomic E-state index is 12.6. The molecule has 2 aromatic rings. The lowest BCUT2D eigenvalue weighted by Gasteiger charge is -2.15. The number of hydrogen-bond acceptors (Lipinski definition) is 5. The van der Waals surface area contributed by atoms with E-state index >= 15 is 0 Å². The lowest BCUT2D eigenvalue weighted by atomic mass is 10.2. The fourth-order valence-electron chi connectivity index (χ4n) is 2.49. The molecule has 3 rings (SSSR count). The first-order valence-electron chi connectivity index (χ1n) is 7.24. The normalized spacial score (nSPS) is 17.3. The standard InChI is InChI=1S/C17H15N3O3S/c18-11-2-1-3-13(8-11)24-14-9-15(21)20(17(14)23)12-6-4-10(5-7-12)16(19)22/h1-8,14H,9,18H2,(H2,19,22)/t14-/m1/s1. The third kappa shape index (κ3) is 3.11. The Morgan fingerprint density at radius 2 is 1.83 bits per heavy atom. The van der Waals surface area contributed by atoms with Gasteiger partial charge in [-0.15, -0.1) is 11.8 Å². The summed E-state index contributed by atoms with van der Waals surface area (Å²) in [4.78, 5) is 37.9. The van der Waals surface area contributed by atoms with E-state index in [0.29, 0.717) is 16.9 Å². The molecule has 7 heteroatoms. The first-order valence-corrected chi connectivity index (χ1v) is 8.12. The maximum Gasteiger partial charge on any atom is 0.248 e. The monoisotopic (exact) mass is 341 g/mol. The highest BCUT2D eigenvalue weighted by molar-refractivity contribution is 8.00. The Labute approximate surface area is 142 Å². The molecule has 0 aromatic heterocycles. The number of imide groups is 1. The molecule has 1 heterocycles. The molecule has 24 heavy (non-hydrogen) atoms. The maximum absolute atomic E-state index is 12.6. The summed E-state index contributed by atoms with van der Waals surface area (Å²) in [6.45, 7) is 0. The molecule has 1 fully saturated rings. The molecule has 1 aliphatic rings. The van der Waals surface area contributed by atoms with Crippen LogP contribution in [0, 0.1) is 0 Å². The van der Waals surface area contributed by atoms with Crippen LogP contribution in [-0.4, -0.2) is 23.0 Å². The molecular weight excluding hydrogens is 326 g/mol. The van der Waals surface area contributed by atoms with Crippen molar-refractivity contribution in [1.29, 1.82) is 0 Å². The number of nitrogens with two attached hydrogens (primary N) is 2. The van der Waals surface area contributed by atoms with Gasteiger partial charge >= 0.3 is 0 Å². The van der Waals surface area contributed by atoms with Crippen molar-refractivity contribution < 1.29 is 14.4 Å². The van der Waals surface area contributed by atoms with Crippen molar-refractivity contribution in [3.8, 4) is 0 Å². The van der Waals surface area contributed by atoms with E-state index in [9.17, 15) is 14.4 Å². The van der Waals surface area contributed by atoms with E-state index in [1.54, 1.807) is 30.3 Å². The number of carbonyl (C=O) groups is 3. The number of benzene rings is 2. The van der Waals surface area contributed by atoms with E-state index in [2.05, 4.69) is 0 Å². The van der Waals surface area contributed by atoms with Crippen molar-refractivity contribution in [2.75, 3.05) is 10.6 Å². The predicted molar refractivity (Wildman–Crippen MR) is 92.6 cm³/mol. The summed E-state index contributed by atoms with van der Waals surface area (Å²) in [6.07, 6.45) is 0.121. The molecule has 0 saturated carbocycles. The Morgan fingerprint density at radius 3 is 2.46 bits per heavy atom. The second-order valence-electron chi connectivity index (χ2n) is 5.36. The Kier molecular flexibility index (Phi) is 4.26. The van der Waals surface area contributed by atoms with Gasteiger partial charge in [0.1, 0.15) is 0 Å². The lowest BCUT2D eigenvalue weighted by Crippen LogP contribution is -2.31. The summed E-state index contributed by atoms with van der Waals surface area (Å²) < 4.78 is 0. The van der Waals surface area contributed by atoms with Gasteiger partial charge < -0.3 is 11.5 Å². The molecule has 0 bridgehead atoms. The van der Waals surface area contributed by atoms with E-state index in [4.69, 9.17) is 11.5 Å². The molecule has 122 valence electrons. The highest BCUT2D eigenvalue weighted by atomic mass is 32.2. The van der Waals surface area contributed by atoms with Gasteiger partial charge in [-0.1, -0.05) is 6.07 Å². The first-order chi connectivity index (χ1) is 11.5. The molecule has 1 saturated heterocycles. The predicted octanol–water partition coefficient (Wildman–Crippen LogP) is 1.79. The van der Waals surface area contributed by atoms with Crippen LogP contribution in [0.5, 0.6) is 0 Å². The number of anilines is 2. The van der Waals surface area contributed by atoms with Gasteiger partial charge in [-0.2, -0.15) is 0 Å². The zero-order valence-electron chi connectivity index (χ0n) is 12.6. The van der Waals surface area contributed by atoms with Gasteiger partial charge in [0.25, 0.3) is 0 Å². The number of nitrogen functional groups attached to an aromatic ring is 1. The topological polar surface area (TPSA) is 106 Å². The van der Waals surface area contributed by atoms with Gasteiger partial charge in [-0.25, -0.2) is 4.90 Å². The summed E-state index contributed by atoms with van der Waals surface area (Å²) in [5, 5.41) is -0.491. The largest absolute Gasteiger partial charge is 0.399 e. The van der Waals surface area contributed by atoms with E-state index in [0.717, 1.165) is 9.80 Å². The lowest BCUT2D eigenvalue weighted by molar-refractivity contribution is -0.121. The molecule has 2 aromatic carbocycles. The van der Waals surface area contributed by atoms with Crippen LogP contribution < -0.4 is 16.4 Å². The highest BCUT2D eigenvalue weighted by Gasteiger charge is 2.40. The zero-order valence-corrected chi connectivity index (χ0v) is 13.5. The third-order valence-corrected chi connectivity index (χ3v) is 4.83. The molecule has 0 unspecified atom stereocenters. The van der Waals surface area contributed by atoms with Gasteiger partial charge in [0.15, 0.2) is 0 Å². The molecular formula is C17H15N3O3S. The molecule has 6 nitrogen and oxygen atoms in total. The van der Waals surface area contributed by atoms with Crippen molar-refractivity contribution >= 4 is 40.9 Å². The molecule has 3 amide bonds. The molecule has 0 aliphatic carbocycles. The molecule has 4 N–H and O–H groups in total. The minimum Gasteiger partial charge on any atom is -0.399 e. The molecule has 1 aliphatic heterocycles. The fourth-order valence-corrected chi connectivity index (χ4v) is 3.62. The number of amides is 3. The quantitative estimate of drug-likeness (QED) is 0.651. The van der Waals surface area contributed by atoms with Crippen LogP contribution in [-0.2, 0) is 9.59 Å². The average molecular weight is 341 g/mol. The van der Waals surface area contributed by atoms with Crippen LogP contribution in [0.25, 0.3) is 0 Å². The smallest absolute Gasteiger partial charge is 0.248 e. The minimum atomic E-state index is -0.560. The van der Waals surface area contributed by atoms with Gasteiger partial charge in [-0.05, 0) is 42.5 Å². The summed E-state index contributed by atoms with van der Waals surface area (Å²) >= 11 is 1.32. The number of thioether (sulfide) groups is 1. The van der Waals surface area contributed by atoms with Crippen LogP contribution in [0.1, 0.15) is 16.8 Å². The number of primary amides is 1. The van der Waals surface area contributed by atoms with Crippen molar-refractivity contribution in [1.82, 2.24) is 0 Å². The van der Waals surface area contributed by atoms with Crippen molar-refractivity contribution in [2.24, 2.45) is 5.73 Å². The summed E-state index contributed by atoms with van der Waals surface area (Å²) in [5.41, 5.74) is 12.3. The van der Waals surface area contributed by atoms with Crippen molar-refractivity contribution in [3.63, 3.8) is 0 Å². The van der Waals surface area contributed by atoms with Crippen LogP contribution in [0.15, 0.2) is 53.4 Å². The summed E-state index contributed by atoms with van der Waals surface area (Å²) in [5.74, 6) is -1.11. The van der Waals surface area contributed by atoms with E-state index in [1.165, 1.54) is 23.9 Å². The van der Waals surface area contributed by atoms with Crippen LogP contribution in [0.4, 0.5) is 11.4 Å². The SMILES string of the molecule is NC(=O)c1ccc(N2C(=O)C[C@@H](Sc3cccc(N)c3)C2=O)cc1. The van der Waals surface area contributed by atoms with E-state index in [-0.39, 0.29) is 18.2 Å². The molecule has 0 spiro atoms. The fraction of sp³-hybridized carbons (Fsp3) is 0.118. The summed E-state index contributed by atoms with van der Waals surface area (Å²) in [6, 6.07) is 13.3. The minimum absolute atomic E-state index is 0.121. The van der Waals surface area contributed by atoms with Gasteiger partial charge in [0.2, 0.25) is 17.7 Å². The van der Waals surface area contributed by atoms with Gasteiger partial charge in [0.05, 0.1) is 10.9 Å². The summed E-state index contributed by atoms with van der Waals surface area (Å²) in [7, 11) is 0. The number of hydrogen-bond donors (Lipinski definition) is 2. The van der Waals surface area contributed by atoms with Crippen molar-refractivity contribution in [3.05, 3.63) is 54.1 Å². The Morgan fingerprint density at radius 1 is 1.12 bits per heavy atom. The van der Waals surface area contributed by atoms with Crippen LogP contribution in [0.3, 0.4) is 0 Å². The Balaban J connectivity index is 1.80. The molecule has 1 atom stereocenters. The highest BCUT2D eigenvalue weighted by Crippen LogP contribution is 2.34. The number of carbonyl (C=O) groups excluding carboxylic acids is 3. The molecule has 0 radical (unpaired) electrons. The Bertz CT molecular complexity index is 820. The van der Waals surface area contributed by atoms with Crippen LogP contribution >= 0.6 is 11.8 Å². The average Bonchev–Trinajstić information content (AvgIpc) is 2.81. The first kappa shape index (κ1) is 16.1. The van der Waals surface area contributed by atoms with Crippen molar-refractivity contribution in [2.45, 2.75) is 16.6 Å². The van der Waals surface area contributed by atoms with Crippen LogP contribution in [0.2, 0.25) is 0 Å².